The Balaban J connectivity index is 2.04. The molecule has 0 radical (unpaired) electrons. The Kier molecular flexibility index (Phi) is 3.66. The summed E-state index contributed by atoms with van der Waals surface area (Å²) in [6, 6.07) is -0.299. The molecule has 2 N–H and O–H groups in total. The van der Waals surface area contributed by atoms with Crippen LogP contribution in [0.15, 0.2) is 12.4 Å². The van der Waals surface area contributed by atoms with E-state index >= 15 is 0 Å². The van der Waals surface area contributed by atoms with E-state index < -0.39 is 0 Å². The molecule has 1 aliphatic heterocycles. The third-order valence-electron chi connectivity index (χ3n) is 2.37. The zero-order chi connectivity index (χ0) is 11.4. The van der Waals surface area contributed by atoms with E-state index in [-0.39, 0.29) is 12.3 Å². The molecule has 1 unspecified atom stereocenters. The van der Waals surface area contributed by atoms with Crippen LogP contribution in [0.1, 0.15) is 18.2 Å². The number of hydrogen-bond acceptors (Lipinski definition) is 6. The molecule has 0 aliphatic carbocycles. The van der Waals surface area contributed by atoms with E-state index in [0.29, 0.717) is 31.2 Å². The highest BCUT2D eigenvalue weighted by molar-refractivity contribution is 5.20. The van der Waals surface area contributed by atoms with Gasteiger partial charge in [-0.25, -0.2) is 4.98 Å². The quantitative estimate of drug-likeness (QED) is 0.791. The molecule has 6 heteroatoms. The third-order valence-corrected chi connectivity index (χ3v) is 2.37. The molecule has 1 saturated heterocycles. The standard InChI is InChI=1S/C10H15N3O3/c1-14-10-9(12-2-3-13-10)7(11)6-8-15-4-5-16-8/h2-3,7-8H,4-6,11H2,1H3. The van der Waals surface area contributed by atoms with Crippen molar-refractivity contribution in [3.05, 3.63) is 18.1 Å². The van der Waals surface area contributed by atoms with Crippen LogP contribution in [0, 0.1) is 0 Å². The van der Waals surface area contributed by atoms with Crippen LogP contribution < -0.4 is 10.5 Å². The maximum Gasteiger partial charge on any atom is 0.236 e. The third kappa shape index (κ3) is 2.46. The largest absolute Gasteiger partial charge is 0.480 e. The molecule has 0 saturated carbocycles. The van der Waals surface area contributed by atoms with Crippen molar-refractivity contribution in [2.75, 3.05) is 20.3 Å². The Bertz CT molecular complexity index is 342. The number of ether oxygens (including phenoxy) is 3. The van der Waals surface area contributed by atoms with Gasteiger partial charge in [0, 0.05) is 18.8 Å². The van der Waals surface area contributed by atoms with E-state index in [4.69, 9.17) is 19.9 Å². The summed E-state index contributed by atoms with van der Waals surface area (Å²) in [6.45, 7) is 1.24. The number of nitrogens with two attached hydrogens (primary N) is 1. The monoisotopic (exact) mass is 225 g/mol. The van der Waals surface area contributed by atoms with Crippen molar-refractivity contribution in [3.8, 4) is 5.88 Å². The van der Waals surface area contributed by atoms with Gasteiger partial charge in [0.2, 0.25) is 5.88 Å². The van der Waals surface area contributed by atoms with Gasteiger partial charge in [-0.05, 0) is 0 Å². The Morgan fingerprint density at radius 3 is 2.81 bits per heavy atom. The van der Waals surface area contributed by atoms with E-state index in [1.165, 1.54) is 0 Å². The van der Waals surface area contributed by atoms with Gasteiger partial charge in [-0.2, -0.15) is 0 Å². The molecule has 2 rings (SSSR count). The molecule has 0 bridgehead atoms. The summed E-state index contributed by atoms with van der Waals surface area (Å²) in [5.41, 5.74) is 6.64. The summed E-state index contributed by atoms with van der Waals surface area (Å²) in [4.78, 5) is 8.21. The summed E-state index contributed by atoms with van der Waals surface area (Å²) < 4.78 is 15.8. The van der Waals surface area contributed by atoms with Gasteiger partial charge in [0.05, 0.1) is 26.4 Å². The minimum atomic E-state index is -0.299. The first-order valence-electron chi connectivity index (χ1n) is 5.15. The molecular weight excluding hydrogens is 210 g/mol. The lowest BCUT2D eigenvalue weighted by atomic mass is 10.1. The minimum absolute atomic E-state index is 0.248. The van der Waals surface area contributed by atoms with Gasteiger partial charge in [0.15, 0.2) is 6.29 Å². The fourth-order valence-corrected chi connectivity index (χ4v) is 1.61. The van der Waals surface area contributed by atoms with Crippen molar-refractivity contribution >= 4 is 0 Å². The number of methoxy groups -OCH3 is 1. The SMILES string of the molecule is COc1nccnc1C(N)CC1OCCO1. The van der Waals surface area contributed by atoms with Gasteiger partial charge in [0.1, 0.15) is 5.69 Å². The molecule has 0 spiro atoms. The molecule has 6 nitrogen and oxygen atoms in total. The van der Waals surface area contributed by atoms with E-state index in [1.54, 1.807) is 19.5 Å². The van der Waals surface area contributed by atoms with Gasteiger partial charge in [-0.3, -0.25) is 4.98 Å². The first-order chi connectivity index (χ1) is 7.81. The van der Waals surface area contributed by atoms with E-state index in [1.807, 2.05) is 0 Å². The molecular formula is C10H15N3O3. The van der Waals surface area contributed by atoms with Crippen LogP contribution in [0.25, 0.3) is 0 Å². The molecule has 2 heterocycles. The number of nitrogens with zero attached hydrogens (tertiary/aromatic N) is 2. The van der Waals surface area contributed by atoms with Gasteiger partial charge in [-0.15, -0.1) is 0 Å². The summed E-state index contributed by atoms with van der Waals surface area (Å²) in [7, 11) is 1.54. The van der Waals surface area contributed by atoms with E-state index in [9.17, 15) is 0 Å². The number of hydrogen-bond donors (Lipinski definition) is 1. The van der Waals surface area contributed by atoms with Crippen LogP contribution in [-0.4, -0.2) is 36.6 Å². The highest BCUT2D eigenvalue weighted by Crippen LogP contribution is 2.23. The molecule has 0 aromatic carbocycles. The fourth-order valence-electron chi connectivity index (χ4n) is 1.61. The molecule has 88 valence electrons. The highest BCUT2D eigenvalue weighted by atomic mass is 16.7. The second-order valence-corrected chi connectivity index (χ2v) is 3.46. The van der Waals surface area contributed by atoms with Gasteiger partial charge < -0.3 is 19.9 Å². The van der Waals surface area contributed by atoms with Crippen LogP contribution >= 0.6 is 0 Å². The summed E-state index contributed by atoms with van der Waals surface area (Å²) in [5, 5.41) is 0. The van der Waals surface area contributed by atoms with E-state index in [0.717, 1.165) is 0 Å². The molecule has 1 aromatic rings. The predicted octanol–water partition coefficient (Wildman–Crippen LogP) is 0.248. The maximum atomic E-state index is 6.01. The zero-order valence-electron chi connectivity index (χ0n) is 9.13. The summed E-state index contributed by atoms with van der Waals surface area (Å²) in [5.74, 6) is 0.452. The van der Waals surface area contributed by atoms with Crippen LogP contribution in [0.3, 0.4) is 0 Å². The van der Waals surface area contributed by atoms with Crippen LogP contribution in [0.5, 0.6) is 5.88 Å². The zero-order valence-corrected chi connectivity index (χ0v) is 9.13. The Morgan fingerprint density at radius 2 is 2.12 bits per heavy atom. The molecule has 16 heavy (non-hydrogen) atoms. The average Bonchev–Trinajstić information content (AvgIpc) is 2.81. The lowest BCUT2D eigenvalue weighted by molar-refractivity contribution is -0.0511. The highest BCUT2D eigenvalue weighted by Gasteiger charge is 2.23. The normalized spacial score (nSPS) is 18.6. The topological polar surface area (TPSA) is 79.5 Å². The Labute approximate surface area is 93.7 Å². The second-order valence-electron chi connectivity index (χ2n) is 3.46. The number of aromatic nitrogens is 2. The first-order valence-corrected chi connectivity index (χ1v) is 5.15. The van der Waals surface area contributed by atoms with Crippen LogP contribution in [0.2, 0.25) is 0 Å². The maximum absolute atomic E-state index is 6.01. The van der Waals surface area contributed by atoms with Crippen LogP contribution in [-0.2, 0) is 9.47 Å². The van der Waals surface area contributed by atoms with Gasteiger partial charge in [0.25, 0.3) is 0 Å². The van der Waals surface area contributed by atoms with E-state index in [2.05, 4.69) is 9.97 Å². The molecule has 0 amide bonds. The molecule has 1 aliphatic rings. The van der Waals surface area contributed by atoms with Crippen molar-refractivity contribution < 1.29 is 14.2 Å². The average molecular weight is 225 g/mol. The molecule has 1 fully saturated rings. The number of rotatable bonds is 4. The van der Waals surface area contributed by atoms with Gasteiger partial charge in [-0.1, -0.05) is 0 Å². The predicted molar refractivity (Wildman–Crippen MR) is 55.8 cm³/mol. The second kappa shape index (κ2) is 5.20. The Morgan fingerprint density at radius 1 is 1.44 bits per heavy atom. The van der Waals surface area contributed by atoms with Crippen molar-refractivity contribution in [1.82, 2.24) is 9.97 Å². The van der Waals surface area contributed by atoms with Crippen molar-refractivity contribution in [3.63, 3.8) is 0 Å². The molecule has 1 aromatic heterocycles. The van der Waals surface area contributed by atoms with Crippen LogP contribution in [0.4, 0.5) is 0 Å². The minimum Gasteiger partial charge on any atom is -0.480 e. The van der Waals surface area contributed by atoms with Gasteiger partial charge >= 0.3 is 0 Å². The lowest BCUT2D eigenvalue weighted by Crippen LogP contribution is -2.21. The first kappa shape index (κ1) is 11.3. The molecule has 1 atom stereocenters. The van der Waals surface area contributed by atoms with Crippen molar-refractivity contribution in [2.24, 2.45) is 5.73 Å². The smallest absolute Gasteiger partial charge is 0.236 e. The summed E-state index contributed by atoms with van der Waals surface area (Å²) >= 11 is 0. The summed E-state index contributed by atoms with van der Waals surface area (Å²) in [6.07, 6.45) is 3.46. The lowest BCUT2D eigenvalue weighted by Gasteiger charge is -2.16. The van der Waals surface area contributed by atoms with Crippen molar-refractivity contribution in [1.29, 1.82) is 0 Å². The van der Waals surface area contributed by atoms with Crippen molar-refractivity contribution in [2.45, 2.75) is 18.8 Å². The Hall–Kier alpha value is -1.24. The fraction of sp³-hybridized carbons (Fsp3) is 0.600.